The third kappa shape index (κ3) is 3.34. The molecule has 0 aromatic carbocycles. The van der Waals surface area contributed by atoms with Crippen molar-refractivity contribution in [1.29, 1.82) is 0 Å². The third-order valence-electron chi connectivity index (χ3n) is 10.6. The smallest absolute Gasteiger partial charge is 0.305 e. The Morgan fingerprint density at radius 3 is 2.50 bits per heavy atom. The Labute approximate surface area is 181 Å². The fourth-order valence-electron chi connectivity index (χ4n) is 8.78. The van der Waals surface area contributed by atoms with Gasteiger partial charge < -0.3 is 20.1 Å². The zero-order chi connectivity index (χ0) is 21.8. The lowest BCUT2D eigenvalue weighted by atomic mass is 9.43. The average Bonchev–Trinajstić information content (AvgIpc) is 3.06. The summed E-state index contributed by atoms with van der Waals surface area (Å²) in [5.74, 6) is 1.81. The molecule has 4 rings (SSSR count). The molecule has 3 N–H and O–H groups in total. The van der Waals surface area contributed by atoms with Crippen molar-refractivity contribution in [3.63, 3.8) is 0 Å². The molecule has 0 aliphatic heterocycles. The fourth-order valence-corrected chi connectivity index (χ4v) is 8.78. The van der Waals surface area contributed by atoms with Crippen LogP contribution in [0.1, 0.15) is 78.6 Å². The molecule has 30 heavy (non-hydrogen) atoms. The number of aliphatic hydroxyl groups excluding tert-OH is 3. The van der Waals surface area contributed by atoms with Gasteiger partial charge in [0.05, 0.1) is 25.4 Å². The van der Waals surface area contributed by atoms with Crippen LogP contribution in [0.25, 0.3) is 0 Å². The summed E-state index contributed by atoms with van der Waals surface area (Å²) >= 11 is 0. The Kier molecular flexibility index (Phi) is 6.04. The molecule has 0 aromatic heterocycles. The van der Waals surface area contributed by atoms with Crippen molar-refractivity contribution in [2.75, 3.05) is 7.11 Å². The van der Waals surface area contributed by atoms with E-state index in [0.717, 1.165) is 51.4 Å². The molecule has 5 unspecified atom stereocenters. The van der Waals surface area contributed by atoms with E-state index >= 15 is 0 Å². The summed E-state index contributed by atoms with van der Waals surface area (Å²) in [5.41, 5.74) is -0.0882. The van der Waals surface area contributed by atoms with Gasteiger partial charge in [0.25, 0.3) is 0 Å². The molecule has 172 valence electrons. The summed E-state index contributed by atoms with van der Waals surface area (Å²) in [6.07, 6.45) is 6.60. The van der Waals surface area contributed by atoms with Gasteiger partial charge in [0.2, 0.25) is 0 Å². The van der Waals surface area contributed by atoms with Gasteiger partial charge in [-0.25, -0.2) is 0 Å². The van der Waals surface area contributed by atoms with Gasteiger partial charge in [0, 0.05) is 6.42 Å². The van der Waals surface area contributed by atoms with Crippen molar-refractivity contribution in [3.8, 4) is 0 Å². The van der Waals surface area contributed by atoms with E-state index < -0.39 is 0 Å². The second-order valence-corrected chi connectivity index (χ2v) is 11.6. The zero-order valence-corrected chi connectivity index (χ0v) is 19.2. The van der Waals surface area contributed by atoms with Crippen LogP contribution >= 0.6 is 0 Å². The van der Waals surface area contributed by atoms with E-state index in [-0.39, 0.29) is 41.0 Å². The number of hydrogen-bond acceptors (Lipinski definition) is 5. The van der Waals surface area contributed by atoms with Crippen LogP contribution in [0.2, 0.25) is 0 Å². The van der Waals surface area contributed by atoms with Gasteiger partial charge in [-0.1, -0.05) is 20.8 Å². The summed E-state index contributed by atoms with van der Waals surface area (Å²) in [6, 6.07) is 0. The molecule has 11 atom stereocenters. The Morgan fingerprint density at radius 1 is 1.07 bits per heavy atom. The number of carbonyl (C=O) groups is 1. The Morgan fingerprint density at radius 2 is 1.80 bits per heavy atom. The van der Waals surface area contributed by atoms with Crippen molar-refractivity contribution in [1.82, 2.24) is 0 Å². The van der Waals surface area contributed by atoms with E-state index in [1.165, 1.54) is 7.11 Å². The van der Waals surface area contributed by atoms with Crippen LogP contribution in [0.4, 0.5) is 0 Å². The summed E-state index contributed by atoms with van der Waals surface area (Å²) in [6.45, 7) is 6.85. The van der Waals surface area contributed by atoms with Crippen LogP contribution < -0.4 is 0 Å². The normalized spacial score (nSPS) is 51.4. The van der Waals surface area contributed by atoms with Gasteiger partial charge in [-0.2, -0.15) is 0 Å². The second-order valence-electron chi connectivity index (χ2n) is 11.6. The largest absolute Gasteiger partial charge is 0.469 e. The fraction of sp³-hybridized carbons (Fsp3) is 0.960. The number of ether oxygens (including phenoxy) is 1. The lowest BCUT2D eigenvalue weighted by Crippen LogP contribution is -2.62. The summed E-state index contributed by atoms with van der Waals surface area (Å²) in [7, 11) is 1.44. The molecule has 4 aliphatic carbocycles. The highest BCUT2D eigenvalue weighted by Crippen LogP contribution is 2.68. The number of esters is 1. The quantitative estimate of drug-likeness (QED) is 0.603. The molecule has 0 spiro atoms. The van der Waals surface area contributed by atoms with E-state index in [2.05, 4.69) is 20.8 Å². The van der Waals surface area contributed by atoms with E-state index in [1.807, 2.05) is 0 Å². The van der Waals surface area contributed by atoms with Crippen molar-refractivity contribution in [3.05, 3.63) is 0 Å². The maximum absolute atomic E-state index is 11.7. The average molecular weight is 423 g/mol. The molecule has 4 aliphatic rings. The van der Waals surface area contributed by atoms with E-state index in [0.29, 0.717) is 36.0 Å². The van der Waals surface area contributed by atoms with Crippen molar-refractivity contribution < 1.29 is 24.9 Å². The number of methoxy groups -OCH3 is 1. The number of hydrogen-bond donors (Lipinski definition) is 3. The molecule has 0 amide bonds. The first-order chi connectivity index (χ1) is 14.1. The van der Waals surface area contributed by atoms with E-state index in [9.17, 15) is 20.1 Å². The first-order valence-electron chi connectivity index (χ1n) is 12.2. The van der Waals surface area contributed by atoms with Gasteiger partial charge in [-0.05, 0) is 97.7 Å². The van der Waals surface area contributed by atoms with Crippen molar-refractivity contribution in [2.45, 2.75) is 96.9 Å². The summed E-state index contributed by atoms with van der Waals surface area (Å²) in [5, 5.41) is 33.1. The molecule has 5 nitrogen and oxygen atoms in total. The number of carbonyl (C=O) groups excluding carboxylic acids is 1. The highest BCUT2D eigenvalue weighted by Gasteiger charge is 2.65. The van der Waals surface area contributed by atoms with Crippen molar-refractivity contribution in [2.24, 2.45) is 46.3 Å². The molecule has 0 radical (unpaired) electrons. The first kappa shape index (κ1) is 22.5. The number of rotatable bonds is 4. The topological polar surface area (TPSA) is 87.0 Å². The molecule has 5 heteroatoms. The van der Waals surface area contributed by atoms with Gasteiger partial charge in [0.15, 0.2) is 0 Å². The summed E-state index contributed by atoms with van der Waals surface area (Å²) < 4.78 is 4.83. The molecule has 0 aromatic rings. The van der Waals surface area contributed by atoms with Crippen molar-refractivity contribution >= 4 is 5.97 Å². The van der Waals surface area contributed by atoms with Gasteiger partial charge in [-0.3, -0.25) is 4.79 Å². The molecule has 0 bridgehead atoms. The van der Waals surface area contributed by atoms with Crippen LogP contribution in [0.15, 0.2) is 0 Å². The number of fused-ring (bicyclic) bond motifs is 5. The maximum Gasteiger partial charge on any atom is 0.305 e. The first-order valence-corrected chi connectivity index (χ1v) is 12.2. The summed E-state index contributed by atoms with van der Waals surface area (Å²) in [4.78, 5) is 11.7. The van der Waals surface area contributed by atoms with Gasteiger partial charge in [0.1, 0.15) is 0 Å². The Balaban J connectivity index is 1.58. The lowest BCUT2D eigenvalue weighted by Gasteiger charge is -2.63. The van der Waals surface area contributed by atoms with Crippen LogP contribution in [0.5, 0.6) is 0 Å². The molecule has 4 saturated carbocycles. The zero-order valence-electron chi connectivity index (χ0n) is 19.2. The minimum atomic E-state index is -0.369. The van der Waals surface area contributed by atoms with Crippen LogP contribution in [0, 0.1) is 46.3 Å². The Bertz CT molecular complexity index is 651. The minimum absolute atomic E-state index is 0.111. The maximum atomic E-state index is 11.7. The minimum Gasteiger partial charge on any atom is -0.469 e. The lowest BCUT2D eigenvalue weighted by molar-refractivity contribution is -0.207. The highest BCUT2D eigenvalue weighted by atomic mass is 16.5. The Hall–Kier alpha value is -0.650. The SMILES string of the molecule is COC(=O)CCC(C)[C@@H]1CCC2C3C(C[C@@H](O)[C@@]21C)[C@@]1(C)CC[C@H](O)CC1C[C@@H]3O. The standard InChI is InChI=1S/C25H42O5/c1-14(5-8-22(29)30-4)17-6-7-18-23-19(13-21(28)25(17,18)3)24(2)10-9-16(26)11-15(24)12-20(23)27/h14-21,23,26-28H,5-13H2,1-4H3/t14?,15?,16-,17-,18?,19?,20-,21+,23?,24-,25+/m0/s1. The van der Waals surface area contributed by atoms with Crippen LogP contribution in [-0.2, 0) is 9.53 Å². The molecule has 4 fully saturated rings. The molecular formula is C25H42O5. The third-order valence-corrected chi connectivity index (χ3v) is 10.6. The van der Waals surface area contributed by atoms with Gasteiger partial charge in [-0.15, -0.1) is 0 Å². The van der Waals surface area contributed by atoms with Gasteiger partial charge >= 0.3 is 5.97 Å². The molecular weight excluding hydrogens is 380 g/mol. The van der Waals surface area contributed by atoms with E-state index in [1.54, 1.807) is 0 Å². The van der Waals surface area contributed by atoms with Crippen LogP contribution in [-0.4, -0.2) is 46.7 Å². The second kappa shape index (κ2) is 8.04. The molecule has 0 heterocycles. The predicted molar refractivity (Wildman–Crippen MR) is 114 cm³/mol. The number of aliphatic hydroxyl groups is 3. The highest BCUT2D eigenvalue weighted by molar-refractivity contribution is 5.69. The predicted octanol–water partition coefficient (Wildman–Crippen LogP) is 3.54. The molecule has 0 saturated heterocycles. The van der Waals surface area contributed by atoms with Crippen LogP contribution in [0.3, 0.4) is 0 Å². The van der Waals surface area contributed by atoms with E-state index in [4.69, 9.17) is 4.74 Å². The monoisotopic (exact) mass is 422 g/mol.